The van der Waals surface area contributed by atoms with Crippen LogP contribution in [-0.4, -0.2) is 43.3 Å². The molecular formula is C24H42N2O2Si. The molecule has 2 aliphatic heterocycles. The molecule has 0 amide bonds. The van der Waals surface area contributed by atoms with Crippen molar-refractivity contribution in [3.05, 3.63) is 35.9 Å². The Balaban J connectivity index is 1.84. The van der Waals surface area contributed by atoms with Crippen LogP contribution in [0.1, 0.15) is 65.9 Å². The predicted molar refractivity (Wildman–Crippen MR) is 123 cm³/mol. The van der Waals surface area contributed by atoms with Gasteiger partial charge in [0.05, 0.1) is 5.60 Å². The zero-order chi connectivity index (χ0) is 21.3. The van der Waals surface area contributed by atoms with E-state index in [9.17, 15) is 0 Å². The molecule has 0 aliphatic carbocycles. The number of benzene rings is 1. The van der Waals surface area contributed by atoms with Gasteiger partial charge in [0, 0.05) is 0 Å². The number of hydrogen-bond donors (Lipinski definition) is 0. The van der Waals surface area contributed by atoms with Crippen molar-refractivity contribution in [2.75, 3.05) is 13.1 Å². The van der Waals surface area contributed by atoms with Gasteiger partial charge < -0.3 is 4.53 Å². The van der Waals surface area contributed by atoms with Crippen LogP contribution in [0.5, 0.6) is 0 Å². The van der Waals surface area contributed by atoms with E-state index in [0.717, 1.165) is 32.4 Å². The second kappa shape index (κ2) is 8.79. The molecule has 2 heterocycles. The van der Waals surface area contributed by atoms with Gasteiger partial charge in [0.25, 0.3) is 0 Å². The van der Waals surface area contributed by atoms with Gasteiger partial charge in [-0.3, -0.25) is 9.74 Å². The number of likely N-dealkylation sites (tertiary alicyclic amines) is 1. The summed E-state index contributed by atoms with van der Waals surface area (Å²) in [7, 11) is -1.99. The monoisotopic (exact) mass is 418 g/mol. The Morgan fingerprint density at radius 2 is 1.72 bits per heavy atom. The SMILES string of the molecule is CC1(C)C[C@H](CCc2ccccc2)[C@@H](N2CCCC2)N(O[Si](C)(C)C(C)(C)C)O1. The maximum atomic E-state index is 6.79. The Labute approximate surface area is 179 Å². The lowest BCUT2D eigenvalue weighted by Crippen LogP contribution is -2.62. The second-order valence-electron chi connectivity index (χ2n) is 11.1. The Hall–Kier alpha value is -0.723. The summed E-state index contributed by atoms with van der Waals surface area (Å²) >= 11 is 0. The van der Waals surface area contributed by atoms with Crippen molar-refractivity contribution in [1.82, 2.24) is 10.1 Å². The van der Waals surface area contributed by atoms with Crippen LogP contribution < -0.4 is 0 Å². The third-order valence-electron chi connectivity index (χ3n) is 7.01. The molecule has 0 radical (unpaired) electrons. The summed E-state index contributed by atoms with van der Waals surface area (Å²) in [5.74, 6) is 0.529. The van der Waals surface area contributed by atoms with Crippen molar-refractivity contribution < 1.29 is 9.36 Å². The summed E-state index contributed by atoms with van der Waals surface area (Å²) in [4.78, 5) is 9.13. The van der Waals surface area contributed by atoms with Crippen molar-refractivity contribution >= 4 is 8.32 Å². The van der Waals surface area contributed by atoms with Gasteiger partial charge >= 0.3 is 0 Å². The molecule has 1 aromatic rings. The predicted octanol–water partition coefficient (Wildman–Crippen LogP) is 6.01. The highest BCUT2D eigenvalue weighted by Gasteiger charge is 2.49. The minimum absolute atomic E-state index is 0.146. The Morgan fingerprint density at radius 1 is 1.10 bits per heavy atom. The molecule has 164 valence electrons. The lowest BCUT2D eigenvalue weighted by atomic mass is 9.85. The first-order valence-corrected chi connectivity index (χ1v) is 14.3. The fourth-order valence-corrected chi connectivity index (χ4v) is 5.23. The van der Waals surface area contributed by atoms with Gasteiger partial charge in [-0.05, 0) is 88.7 Å². The summed E-state index contributed by atoms with van der Waals surface area (Å²) in [6.45, 7) is 18.2. The van der Waals surface area contributed by atoms with Gasteiger partial charge in [-0.2, -0.15) is 0 Å². The minimum atomic E-state index is -1.99. The van der Waals surface area contributed by atoms with Gasteiger partial charge in [0.1, 0.15) is 6.17 Å². The maximum Gasteiger partial charge on any atom is 0.223 e. The smallest absolute Gasteiger partial charge is 0.223 e. The van der Waals surface area contributed by atoms with Crippen LogP contribution in [-0.2, 0) is 15.8 Å². The first kappa shape index (κ1) is 23.0. The van der Waals surface area contributed by atoms with Gasteiger partial charge in [0.2, 0.25) is 8.32 Å². The van der Waals surface area contributed by atoms with Gasteiger partial charge in [-0.15, -0.1) is 0 Å². The average molecular weight is 419 g/mol. The quantitative estimate of drug-likeness (QED) is 0.528. The fourth-order valence-electron chi connectivity index (χ4n) is 4.36. The number of rotatable bonds is 6. The molecule has 0 N–H and O–H groups in total. The summed E-state index contributed by atoms with van der Waals surface area (Å²) in [5, 5.41) is 2.11. The zero-order valence-electron chi connectivity index (χ0n) is 19.7. The molecule has 3 rings (SSSR count). The van der Waals surface area contributed by atoms with Crippen molar-refractivity contribution in [3.8, 4) is 0 Å². The Morgan fingerprint density at radius 3 is 2.31 bits per heavy atom. The van der Waals surface area contributed by atoms with E-state index >= 15 is 0 Å². The molecule has 0 bridgehead atoms. The number of hydrogen-bond acceptors (Lipinski definition) is 4. The summed E-state index contributed by atoms with van der Waals surface area (Å²) in [5.41, 5.74) is 1.22. The van der Waals surface area contributed by atoms with Crippen LogP contribution in [0.3, 0.4) is 0 Å². The summed E-state index contributed by atoms with van der Waals surface area (Å²) < 4.78 is 6.79. The lowest BCUT2D eigenvalue weighted by Gasteiger charge is -2.52. The molecule has 0 aromatic heterocycles. The average Bonchev–Trinajstić information content (AvgIpc) is 3.12. The summed E-state index contributed by atoms with van der Waals surface area (Å²) in [6.07, 6.45) is 6.11. The summed E-state index contributed by atoms with van der Waals surface area (Å²) in [6, 6.07) is 10.9. The van der Waals surface area contributed by atoms with Crippen molar-refractivity contribution in [1.29, 1.82) is 0 Å². The van der Waals surface area contributed by atoms with Crippen LogP contribution >= 0.6 is 0 Å². The maximum absolute atomic E-state index is 6.79. The lowest BCUT2D eigenvalue weighted by molar-refractivity contribution is -0.434. The van der Waals surface area contributed by atoms with Gasteiger partial charge in [-0.1, -0.05) is 56.3 Å². The molecule has 2 aliphatic rings. The standard InChI is InChI=1S/C24H42N2O2Si/c1-23(2,3)29(6,7)28-26-22(25-17-11-12-18-25)21(19-24(4,5)27-26)16-15-20-13-9-8-10-14-20/h8-10,13-14,21-22H,11-12,15-19H2,1-7H3/t21-,22-/m0/s1. The van der Waals surface area contributed by atoms with Crippen LogP contribution in [0.4, 0.5) is 0 Å². The van der Waals surface area contributed by atoms with Crippen LogP contribution in [0.25, 0.3) is 0 Å². The number of nitrogens with zero attached hydrogens (tertiary/aromatic N) is 2. The third kappa shape index (κ3) is 5.70. The molecule has 29 heavy (non-hydrogen) atoms. The highest BCUT2D eigenvalue weighted by molar-refractivity contribution is 6.74. The molecule has 5 heteroatoms. The van der Waals surface area contributed by atoms with Gasteiger partial charge in [-0.25, -0.2) is 0 Å². The van der Waals surface area contributed by atoms with E-state index in [1.54, 1.807) is 0 Å². The van der Waals surface area contributed by atoms with Crippen LogP contribution in [0.15, 0.2) is 30.3 Å². The van der Waals surface area contributed by atoms with E-state index < -0.39 is 8.32 Å². The highest BCUT2D eigenvalue weighted by Crippen LogP contribution is 2.43. The Kier molecular flexibility index (Phi) is 6.96. The largest absolute Gasteiger partial charge is 0.319 e. The van der Waals surface area contributed by atoms with Crippen LogP contribution in [0.2, 0.25) is 18.1 Å². The Bertz CT molecular complexity index is 651. The molecular weight excluding hydrogens is 376 g/mol. The van der Waals surface area contributed by atoms with Crippen molar-refractivity contribution in [2.24, 2.45) is 5.92 Å². The second-order valence-corrected chi connectivity index (χ2v) is 15.8. The molecule has 1 aromatic carbocycles. The highest BCUT2D eigenvalue weighted by atomic mass is 28.4. The van der Waals surface area contributed by atoms with Gasteiger partial charge in [0.15, 0.2) is 0 Å². The topological polar surface area (TPSA) is 24.9 Å². The third-order valence-corrected chi connectivity index (χ3v) is 11.3. The first-order valence-electron chi connectivity index (χ1n) is 11.4. The number of hydroxylamine groups is 2. The first-order chi connectivity index (χ1) is 13.5. The van der Waals surface area contributed by atoms with E-state index in [0.29, 0.717) is 5.92 Å². The van der Waals surface area contributed by atoms with Crippen LogP contribution in [0, 0.1) is 5.92 Å². The molecule has 2 saturated heterocycles. The van der Waals surface area contributed by atoms with E-state index in [1.165, 1.54) is 18.4 Å². The fraction of sp³-hybridized carbons (Fsp3) is 0.750. The normalized spacial score (nSPS) is 26.7. The molecule has 0 spiro atoms. The van der Waals surface area contributed by atoms with E-state index in [1.807, 2.05) is 5.23 Å². The molecule has 2 fully saturated rings. The molecule has 4 nitrogen and oxygen atoms in total. The van der Waals surface area contributed by atoms with Crippen molar-refractivity contribution in [3.63, 3.8) is 0 Å². The minimum Gasteiger partial charge on any atom is -0.319 e. The van der Waals surface area contributed by atoms with E-state index in [-0.39, 0.29) is 16.8 Å². The zero-order valence-corrected chi connectivity index (χ0v) is 20.7. The molecule has 0 unspecified atom stereocenters. The molecule has 0 saturated carbocycles. The van der Waals surface area contributed by atoms with Crippen molar-refractivity contribution in [2.45, 2.75) is 96.6 Å². The molecule has 2 atom stereocenters. The number of aryl methyl sites for hydroxylation is 1. The van der Waals surface area contributed by atoms with E-state index in [4.69, 9.17) is 9.36 Å². The van der Waals surface area contributed by atoms with E-state index in [2.05, 4.69) is 82.9 Å².